The van der Waals surface area contributed by atoms with Crippen molar-refractivity contribution in [3.63, 3.8) is 0 Å². The standard InChI is InChI=1S/C27H21Cl2N3O5S2/c1-17-9-14-24-21(15-17)20-5-2-3-8-25(20)39(36,37)32(24)16-26(33)30-18-10-12-19(13-11-18)38(34,35)31-23-7-4-6-22(28)27(23)29/h2-15,31H,16H2,1H3,(H,30,33). The van der Waals surface area contributed by atoms with Gasteiger partial charge in [-0.25, -0.2) is 16.8 Å². The van der Waals surface area contributed by atoms with E-state index in [-0.39, 0.29) is 25.5 Å². The molecule has 1 amide bonds. The molecule has 0 saturated carbocycles. The van der Waals surface area contributed by atoms with Gasteiger partial charge in [0.05, 0.1) is 31.2 Å². The fourth-order valence-electron chi connectivity index (χ4n) is 4.25. The molecule has 1 heterocycles. The van der Waals surface area contributed by atoms with Gasteiger partial charge in [-0.2, -0.15) is 0 Å². The van der Waals surface area contributed by atoms with Crippen molar-refractivity contribution in [2.24, 2.45) is 0 Å². The molecule has 0 unspecified atom stereocenters. The van der Waals surface area contributed by atoms with Gasteiger partial charge in [-0.15, -0.1) is 0 Å². The molecule has 0 aromatic heterocycles. The summed E-state index contributed by atoms with van der Waals surface area (Å²) in [5.41, 5.74) is 3.07. The number of hydrogen-bond acceptors (Lipinski definition) is 5. The Balaban J connectivity index is 1.35. The summed E-state index contributed by atoms with van der Waals surface area (Å²) in [6.45, 7) is 1.44. The number of carbonyl (C=O) groups excluding carboxylic acids is 1. The van der Waals surface area contributed by atoms with Crippen LogP contribution in [0.5, 0.6) is 0 Å². The van der Waals surface area contributed by atoms with E-state index in [0.717, 1.165) is 15.4 Å². The van der Waals surface area contributed by atoms with Crippen molar-refractivity contribution in [2.45, 2.75) is 16.7 Å². The van der Waals surface area contributed by atoms with E-state index >= 15 is 0 Å². The number of halogens is 2. The SMILES string of the molecule is Cc1ccc2c(c1)-c1ccccc1S(=O)(=O)N2CC(=O)Nc1ccc(S(=O)(=O)Nc2cccc(Cl)c2Cl)cc1. The fraction of sp³-hybridized carbons (Fsp3) is 0.0741. The van der Waals surface area contributed by atoms with Crippen LogP contribution in [-0.2, 0) is 24.8 Å². The molecule has 12 heteroatoms. The van der Waals surface area contributed by atoms with Crippen molar-refractivity contribution in [3.05, 3.63) is 101 Å². The number of hydrogen-bond donors (Lipinski definition) is 2. The molecule has 39 heavy (non-hydrogen) atoms. The summed E-state index contributed by atoms with van der Waals surface area (Å²) in [4.78, 5) is 13.0. The number of nitrogens with one attached hydrogen (secondary N) is 2. The van der Waals surface area contributed by atoms with Gasteiger partial charge < -0.3 is 5.32 Å². The van der Waals surface area contributed by atoms with E-state index in [1.807, 2.05) is 13.0 Å². The van der Waals surface area contributed by atoms with Crippen LogP contribution in [0.25, 0.3) is 11.1 Å². The van der Waals surface area contributed by atoms with Crippen molar-refractivity contribution < 1.29 is 21.6 Å². The lowest BCUT2D eigenvalue weighted by atomic mass is 10.0. The monoisotopic (exact) mass is 601 g/mol. The number of amides is 1. The van der Waals surface area contributed by atoms with Crippen LogP contribution in [0.1, 0.15) is 5.56 Å². The molecule has 1 aliphatic heterocycles. The molecule has 0 bridgehead atoms. The van der Waals surface area contributed by atoms with Gasteiger partial charge in [0.1, 0.15) is 6.54 Å². The topological polar surface area (TPSA) is 113 Å². The first-order chi connectivity index (χ1) is 18.5. The van der Waals surface area contributed by atoms with Crippen LogP contribution < -0.4 is 14.3 Å². The first kappa shape index (κ1) is 27.0. The Morgan fingerprint density at radius 1 is 0.897 bits per heavy atom. The number of benzene rings is 4. The van der Waals surface area contributed by atoms with Gasteiger partial charge in [-0.3, -0.25) is 13.8 Å². The number of aryl methyl sites for hydroxylation is 1. The van der Waals surface area contributed by atoms with Gasteiger partial charge >= 0.3 is 0 Å². The first-order valence-electron chi connectivity index (χ1n) is 11.6. The zero-order valence-corrected chi connectivity index (χ0v) is 23.5. The maximum Gasteiger partial charge on any atom is 0.265 e. The molecule has 200 valence electrons. The van der Waals surface area contributed by atoms with Gasteiger partial charge in [0.25, 0.3) is 20.0 Å². The predicted molar refractivity (Wildman–Crippen MR) is 153 cm³/mol. The Kier molecular flexibility index (Phi) is 7.06. The van der Waals surface area contributed by atoms with Crippen molar-refractivity contribution in [1.82, 2.24) is 0 Å². The molecule has 0 radical (unpaired) electrons. The van der Waals surface area contributed by atoms with Crippen LogP contribution in [-0.4, -0.2) is 29.3 Å². The first-order valence-corrected chi connectivity index (χ1v) is 15.2. The molecule has 8 nitrogen and oxygen atoms in total. The third-order valence-electron chi connectivity index (χ3n) is 6.10. The predicted octanol–water partition coefficient (Wildman–Crippen LogP) is 5.92. The van der Waals surface area contributed by atoms with Crippen molar-refractivity contribution in [1.29, 1.82) is 0 Å². The quantitative estimate of drug-likeness (QED) is 0.285. The Morgan fingerprint density at radius 3 is 2.36 bits per heavy atom. The maximum absolute atomic E-state index is 13.4. The second kappa shape index (κ2) is 10.2. The number of rotatable bonds is 6. The van der Waals surface area contributed by atoms with Gasteiger partial charge in [0.15, 0.2) is 0 Å². The van der Waals surface area contributed by atoms with Crippen molar-refractivity contribution in [2.75, 3.05) is 20.9 Å². The molecule has 4 aromatic rings. The molecular weight excluding hydrogens is 581 g/mol. The Morgan fingerprint density at radius 2 is 1.62 bits per heavy atom. The van der Waals surface area contributed by atoms with E-state index in [1.165, 1.54) is 42.5 Å². The smallest absolute Gasteiger partial charge is 0.265 e. The molecular formula is C27H21Cl2N3O5S2. The Bertz CT molecular complexity index is 1830. The van der Waals surface area contributed by atoms with E-state index in [9.17, 15) is 21.6 Å². The van der Waals surface area contributed by atoms with Crippen LogP contribution in [0.4, 0.5) is 17.1 Å². The lowest BCUT2D eigenvalue weighted by molar-refractivity contribution is -0.114. The van der Waals surface area contributed by atoms with E-state index in [4.69, 9.17) is 23.2 Å². The minimum absolute atomic E-state index is 0.0682. The highest BCUT2D eigenvalue weighted by atomic mass is 35.5. The second-order valence-electron chi connectivity index (χ2n) is 8.81. The molecule has 0 atom stereocenters. The number of fused-ring (bicyclic) bond motifs is 3. The third-order valence-corrected chi connectivity index (χ3v) is 10.1. The Labute approximate surface area is 236 Å². The lowest BCUT2D eigenvalue weighted by Crippen LogP contribution is -2.40. The third kappa shape index (κ3) is 5.20. The van der Waals surface area contributed by atoms with Crippen LogP contribution in [0.2, 0.25) is 10.0 Å². The Hall–Kier alpha value is -3.57. The molecule has 0 aliphatic carbocycles. The summed E-state index contributed by atoms with van der Waals surface area (Å²) in [6, 6.07) is 22.0. The van der Waals surface area contributed by atoms with Crippen LogP contribution in [0, 0.1) is 6.92 Å². The lowest BCUT2D eigenvalue weighted by Gasteiger charge is -2.31. The maximum atomic E-state index is 13.4. The van der Waals surface area contributed by atoms with E-state index < -0.39 is 32.5 Å². The van der Waals surface area contributed by atoms with E-state index in [1.54, 1.807) is 36.4 Å². The molecule has 5 rings (SSSR count). The number of anilines is 3. The highest BCUT2D eigenvalue weighted by Crippen LogP contribution is 2.43. The van der Waals surface area contributed by atoms with Crippen molar-refractivity contribution in [3.8, 4) is 11.1 Å². The van der Waals surface area contributed by atoms with Crippen LogP contribution in [0.3, 0.4) is 0 Å². The largest absolute Gasteiger partial charge is 0.325 e. The average molecular weight is 603 g/mol. The summed E-state index contributed by atoms with van der Waals surface area (Å²) in [7, 11) is -7.99. The summed E-state index contributed by atoms with van der Waals surface area (Å²) in [5.74, 6) is -0.594. The van der Waals surface area contributed by atoms with E-state index in [0.29, 0.717) is 16.9 Å². The zero-order valence-electron chi connectivity index (χ0n) is 20.4. The average Bonchev–Trinajstić information content (AvgIpc) is 2.90. The van der Waals surface area contributed by atoms with Gasteiger partial charge in [-0.1, -0.05) is 59.1 Å². The highest BCUT2D eigenvalue weighted by Gasteiger charge is 2.35. The fourth-order valence-corrected chi connectivity index (χ4v) is 7.38. The number of carbonyl (C=O) groups is 1. The summed E-state index contributed by atoms with van der Waals surface area (Å²) < 4.78 is 56.0. The van der Waals surface area contributed by atoms with Gasteiger partial charge in [0, 0.05) is 16.8 Å². The zero-order chi connectivity index (χ0) is 27.9. The summed E-state index contributed by atoms with van der Waals surface area (Å²) in [5, 5.41) is 2.91. The number of sulfonamides is 2. The minimum Gasteiger partial charge on any atom is -0.325 e. The van der Waals surface area contributed by atoms with Crippen LogP contribution in [0.15, 0.2) is 94.7 Å². The highest BCUT2D eigenvalue weighted by molar-refractivity contribution is 7.93. The molecule has 4 aromatic carbocycles. The molecule has 0 fully saturated rings. The van der Waals surface area contributed by atoms with Crippen LogP contribution >= 0.6 is 23.2 Å². The normalized spacial score (nSPS) is 13.8. The van der Waals surface area contributed by atoms with Crippen molar-refractivity contribution >= 4 is 66.2 Å². The van der Waals surface area contributed by atoms with Gasteiger partial charge in [-0.05, 0) is 61.5 Å². The minimum atomic E-state index is -3.99. The summed E-state index contributed by atoms with van der Waals surface area (Å²) in [6.07, 6.45) is 0. The second-order valence-corrected chi connectivity index (χ2v) is 13.1. The molecule has 1 aliphatic rings. The molecule has 2 N–H and O–H groups in total. The number of nitrogens with zero attached hydrogens (tertiary/aromatic N) is 1. The summed E-state index contributed by atoms with van der Waals surface area (Å²) >= 11 is 12.0. The van der Waals surface area contributed by atoms with Gasteiger partial charge in [0.2, 0.25) is 5.91 Å². The molecule has 0 saturated heterocycles. The van der Waals surface area contributed by atoms with E-state index in [2.05, 4.69) is 10.0 Å². The molecule has 0 spiro atoms.